The summed E-state index contributed by atoms with van der Waals surface area (Å²) in [6.07, 6.45) is 1.22. The number of nitrogens with one attached hydrogen (secondary N) is 1. The van der Waals surface area contributed by atoms with Crippen LogP contribution in [-0.2, 0) is 14.8 Å². The number of fused-ring (bicyclic) bond motifs is 1. The zero-order chi connectivity index (χ0) is 22.9. The fourth-order valence-corrected chi connectivity index (χ4v) is 5.19. The van der Waals surface area contributed by atoms with Crippen molar-refractivity contribution in [2.24, 2.45) is 0 Å². The first-order valence-electron chi connectivity index (χ1n) is 10.2. The number of rotatable bonds is 5. The van der Waals surface area contributed by atoms with Gasteiger partial charge in [-0.1, -0.05) is 12.1 Å². The van der Waals surface area contributed by atoms with Crippen molar-refractivity contribution in [2.75, 3.05) is 26.7 Å². The topological polar surface area (TPSA) is 119 Å². The molecule has 0 aliphatic carbocycles. The van der Waals surface area contributed by atoms with Crippen LogP contribution in [0.5, 0.6) is 0 Å². The van der Waals surface area contributed by atoms with E-state index in [1.165, 1.54) is 31.3 Å². The third-order valence-corrected chi connectivity index (χ3v) is 7.67. The minimum Gasteiger partial charge on any atom is -0.341 e. The van der Waals surface area contributed by atoms with Gasteiger partial charge in [-0.3, -0.25) is 9.36 Å². The second-order valence-electron chi connectivity index (χ2n) is 7.83. The third-order valence-electron chi connectivity index (χ3n) is 5.86. The number of piperidine rings is 1. The Kier molecular flexibility index (Phi) is 5.86. The molecule has 1 aliphatic heterocycles. The second kappa shape index (κ2) is 8.61. The molecule has 3 aromatic rings. The predicted molar refractivity (Wildman–Crippen MR) is 118 cm³/mol. The fraction of sp³-hybridized carbons (Fsp3) is 0.318. The van der Waals surface area contributed by atoms with Crippen LogP contribution in [0.25, 0.3) is 11.0 Å². The van der Waals surface area contributed by atoms with Crippen LogP contribution in [0.15, 0.2) is 58.2 Å². The number of carbonyl (C=O) groups is 1. The Morgan fingerprint density at radius 2 is 1.81 bits per heavy atom. The van der Waals surface area contributed by atoms with Gasteiger partial charge in [0.15, 0.2) is 0 Å². The lowest BCUT2D eigenvalue weighted by molar-refractivity contribution is -0.132. The van der Waals surface area contributed by atoms with E-state index < -0.39 is 10.0 Å². The minimum atomic E-state index is -3.85. The molecule has 0 unspecified atom stereocenters. The van der Waals surface area contributed by atoms with E-state index in [0.717, 1.165) is 15.3 Å². The Balaban J connectivity index is 1.40. The number of hydrogen-bond donors (Lipinski definition) is 1. The number of aromatic amines is 1. The summed E-state index contributed by atoms with van der Waals surface area (Å²) >= 11 is 0. The molecule has 0 spiro atoms. The van der Waals surface area contributed by atoms with Crippen LogP contribution >= 0.6 is 0 Å². The number of likely N-dealkylation sites (N-methyl/N-ethyl adjacent to an activating group) is 1. The van der Waals surface area contributed by atoms with Crippen molar-refractivity contribution in [1.82, 2.24) is 18.8 Å². The maximum absolute atomic E-state index is 12.8. The maximum atomic E-state index is 12.8. The van der Waals surface area contributed by atoms with Crippen LogP contribution in [0.2, 0.25) is 0 Å². The van der Waals surface area contributed by atoms with Crippen molar-refractivity contribution in [3.63, 3.8) is 0 Å². The molecule has 10 heteroatoms. The van der Waals surface area contributed by atoms with Gasteiger partial charge in [-0.05, 0) is 49.2 Å². The van der Waals surface area contributed by atoms with Crippen LogP contribution in [0.3, 0.4) is 0 Å². The molecule has 1 fully saturated rings. The molecule has 0 atom stereocenters. The predicted octanol–water partition coefficient (Wildman–Crippen LogP) is 1.69. The van der Waals surface area contributed by atoms with Crippen molar-refractivity contribution in [2.45, 2.75) is 23.8 Å². The Labute approximate surface area is 185 Å². The molecule has 2 aromatic carbocycles. The van der Waals surface area contributed by atoms with E-state index in [4.69, 9.17) is 5.26 Å². The van der Waals surface area contributed by atoms with E-state index in [1.54, 1.807) is 9.47 Å². The molecule has 0 saturated carbocycles. The normalized spacial score (nSPS) is 15.2. The summed E-state index contributed by atoms with van der Waals surface area (Å²) in [5, 5.41) is 8.87. The molecule has 166 valence electrons. The lowest BCUT2D eigenvalue weighted by Gasteiger charge is -2.33. The molecule has 1 saturated heterocycles. The van der Waals surface area contributed by atoms with Crippen molar-refractivity contribution in [3.05, 3.63) is 64.6 Å². The highest BCUT2D eigenvalue weighted by molar-refractivity contribution is 7.89. The molecule has 1 N–H and O–H groups in total. The lowest BCUT2D eigenvalue weighted by Crippen LogP contribution is -2.45. The van der Waals surface area contributed by atoms with Crippen molar-refractivity contribution < 1.29 is 13.2 Å². The number of aromatic nitrogens is 2. The first kappa shape index (κ1) is 21.8. The smallest absolute Gasteiger partial charge is 0.326 e. The monoisotopic (exact) mass is 453 g/mol. The number of para-hydroxylation sites is 2. The summed E-state index contributed by atoms with van der Waals surface area (Å²) in [4.78, 5) is 29.7. The number of amides is 1. The summed E-state index contributed by atoms with van der Waals surface area (Å²) in [6.45, 7) is 0.612. The minimum absolute atomic E-state index is 0.0252. The van der Waals surface area contributed by atoms with Crippen molar-refractivity contribution >= 4 is 27.0 Å². The van der Waals surface area contributed by atoms with Gasteiger partial charge < -0.3 is 9.88 Å². The summed E-state index contributed by atoms with van der Waals surface area (Å²) in [5.41, 5.74) is 1.82. The first-order valence-corrected chi connectivity index (χ1v) is 11.7. The summed E-state index contributed by atoms with van der Waals surface area (Å²) in [6, 6.07) is 15.0. The van der Waals surface area contributed by atoms with Crippen molar-refractivity contribution in [3.8, 4) is 6.07 Å². The first-order chi connectivity index (χ1) is 15.3. The average Bonchev–Trinajstić information content (AvgIpc) is 3.14. The molecule has 9 nitrogen and oxygen atoms in total. The summed E-state index contributed by atoms with van der Waals surface area (Å²) in [5.74, 6) is -0.283. The highest BCUT2D eigenvalue weighted by Gasteiger charge is 2.29. The highest BCUT2D eigenvalue weighted by Crippen LogP contribution is 2.25. The number of carbonyl (C=O) groups excluding carboxylic acids is 1. The van der Waals surface area contributed by atoms with Gasteiger partial charge in [-0.2, -0.15) is 9.57 Å². The number of H-pyrrole nitrogens is 1. The molecule has 2 heterocycles. The Hall–Kier alpha value is -3.42. The van der Waals surface area contributed by atoms with Gasteiger partial charge in [0.25, 0.3) is 0 Å². The molecule has 1 aromatic heterocycles. The fourth-order valence-electron chi connectivity index (χ4n) is 4.07. The van der Waals surface area contributed by atoms with Crippen LogP contribution in [-0.4, -0.2) is 59.8 Å². The Bertz CT molecular complexity index is 1340. The van der Waals surface area contributed by atoms with E-state index in [0.29, 0.717) is 31.5 Å². The number of likely N-dealkylation sites (tertiary alicyclic amines) is 1. The van der Waals surface area contributed by atoms with E-state index in [2.05, 4.69) is 4.98 Å². The van der Waals surface area contributed by atoms with E-state index >= 15 is 0 Å². The number of benzene rings is 2. The molecule has 1 aliphatic rings. The van der Waals surface area contributed by atoms with E-state index in [1.807, 2.05) is 30.3 Å². The average molecular weight is 454 g/mol. The van der Waals surface area contributed by atoms with Gasteiger partial charge in [-0.15, -0.1) is 0 Å². The molecule has 0 bridgehead atoms. The third kappa shape index (κ3) is 4.04. The summed E-state index contributed by atoms with van der Waals surface area (Å²) < 4.78 is 28.3. The maximum Gasteiger partial charge on any atom is 0.326 e. The van der Waals surface area contributed by atoms with Gasteiger partial charge in [0.1, 0.15) is 0 Å². The zero-order valence-electron chi connectivity index (χ0n) is 17.6. The van der Waals surface area contributed by atoms with Gasteiger partial charge in [0, 0.05) is 26.2 Å². The van der Waals surface area contributed by atoms with Gasteiger partial charge in [0.2, 0.25) is 15.9 Å². The molecular formula is C22H23N5O4S. The highest BCUT2D eigenvalue weighted by atomic mass is 32.2. The molecular weight excluding hydrogens is 430 g/mol. The number of sulfonamides is 1. The molecule has 4 rings (SSSR count). The van der Waals surface area contributed by atoms with E-state index in [-0.39, 0.29) is 29.1 Å². The Morgan fingerprint density at radius 1 is 1.16 bits per heavy atom. The largest absolute Gasteiger partial charge is 0.341 e. The number of hydrogen-bond acceptors (Lipinski definition) is 5. The molecule has 1 amide bonds. The molecule has 0 radical (unpaired) electrons. The lowest BCUT2D eigenvalue weighted by atomic mass is 10.0. The SMILES string of the molecule is CN(CC(=O)N1CCC(n2c(=O)[nH]c3ccccc32)CC1)S(=O)(=O)c1ccc(C#N)cc1. The summed E-state index contributed by atoms with van der Waals surface area (Å²) in [7, 11) is -2.48. The van der Waals surface area contributed by atoms with Gasteiger partial charge in [0.05, 0.1) is 34.1 Å². The Morgan fingerprint density at radius 3 is 2.47 bits per heavy atom. The number of nitrogens with zero attached hydrogens (tertiary/aromatic N) is 4. The quantitative estimate of drug-likeness (QED) is 0.630. The van der Waals surface area contributed by atoms with Crippen LogP contribution in [0.1, 0.15) is 24.4 Å². The second-order valence-corrected chi connectivity index (χ2v) is 9.87. The van der Waals surface area contributed by atoms with Gasteiger partial charge >= 0.3 is 5.69 Å². The van der Waals surface area contributed by atoms with Crippen LogP contribution in [0.4, 0.5) is 0 Å². The molecule has 32 heavy (non-hydrogen) atoms. The van der Waals surface area contributed by atoms with Crippen molar-refractivity contribution in [1.29, 1.82) is 5.26 Å². The zero-order valence-corrected chi connectivity index (χ0v) is 18.4. The van der Waals surface area contributed by atoms with E-state index in [9.17, 15) is 18.0 Å². The number of nitriles is 1. The van der Waals surface area contributed by atoms with Gasteiger partial charge in [-0.25, -0.2) is 13.2 Å². The van der Waals surface area contributed by atoms with Crippen LogP contribution < -0.4 is 5.69 Å². The standard InChI is InChI=1S/C22H23N5O4S/c1-25(32(30,31)18-8-6-16(14-23)7-9-18)15-21(28)26-12-10-17(11-13-26)27-20-5-3-2-4-19(20)24-22(27)29/h2-9,17H,10-13,15H2,1H3,(H,24,29). The van der Waals surface area contributed by atoms with Crippen LogP contribution in [0, 0.1) is 11.3 Å². The number of imidazole rings is 1.